The topological polar surface area (TPSA) is 58.0 Å². The molecule has 0 spiro atoms. The van der Waals surface area contributed by atoms with Gasteiger partial charge in [-0.15, -0.1) is 0 Å². The molecule has 5 heteroatoms. The molecule has 1 aromatic rings. The molecule has 0 saturated heterocycles. The van der Waals surface area contributed by atoms with Crippen molar-refractivity contribution in [3.05, 3.63) is 17.5 Å². The Labute approximate surface area is 94.7 Å². The molecule has 0 saturated carbocycles. The van der Waals surface area contributed by atoms with Gasteiger partial charge in [0.05, 0.1) is 12.6 Å². The van der Waals surface area contributed by atoms with Crippen molar-refractivity contribution in [3.63, 3.8) is 0 Å². The minimum atomic E-state index is -0.0662. The molecule has 4 nitrogen and oxygen atoms in total. The lowest BCUT2D eigenvalue weighted by atomic mass is 9.87. The third-order valence-electron chi connectivity index (χ3n) is 2.18. The molecule has 0 bridgehead atoms. The number of hydrogen-bond acceptors (Lipinski definition) is 4. The molecule has 1 aromatic heterocycles. The fraction of sp³-hybridized carbons (Fsp3) is 0.600. The number of halogens is 1. The number of aromatic nitrogens is 2. The van der Waals surface area contributed by atoms with Crippen molar-refractivity contribution in [2.45, 2.75) is 26.8 Å². The Kier molecular flexibility index (Phi) is 3.88. The molecule has 1 rings (SSSR count). The maximum absolute atomic E-state index is 9.25. The Bertz CT molecular complexity index is 325. The second kappa shape index (κ2) is 4.77. The smallest absolute Gasteiger partial charge is 0.224 e. The van der Waals surface area contributed by atoms with Gasteiger partial charge in [-0.05, 0) is 23.1 Å². The first kappa shape index (κ1) is 12.2. The average molecular weight is 230 g/mol. The van der Waals surface area contributed by atoms with E-state index in [4.69, 9.17) is 11.6 Å². The summed E-state index contributed by atoms with van der Waals surface area (Å²) in [5.74, 6) is 0.629. The molecule has 0 radical (unpaired) electrons. The SMILES string of the molecule is CC(C)(C)C(CO)Nc1ccnc(Cl)n1. The van der Waals surface area contributed by atoms with Gasteiger partial charge in [0.25, 0.3) is 0 Å². The minimum Gasteiger partial charge on any atom is -0.394 e. The average Bonchev–Trinajstić information content (AvgIpc) is 2.12. The summed E-state index contributed by atoms with van der Waals surface area (Å²) in [6.45, 7) is 6.18. The lowest BCUT2D eigenvalue weighted by Gasteiger charge is -2.30. The van der Waals surface area contributed by atoms with Gasteiger partial charge in [0.1, 0.15) is 5.82 Å². The Morgan fingerprint density at radius 2 is 2.20 bits per heavy atom. The summed E-state index contributed by atoms with van der Waals surface area (Å²) in [5, 5.41) is 12.6. The second-order valence-electron chi connectivity index (χ2n) is 4.46. The maximum atomic E-state index is 9.25. The van der Waals surface area contributed by atoms with Crippen LogP contribution in [0.5, 0.6) is 0 Å². The quantitative estimate of drug-likeness (QED) is 0.778. The van der Waals surface area contributed by atoms with Gasteiger partial charge >= 0.3 is 0 Å². The number of hydrogen-bond donors (Lipinski definition) is 2. The summed E-state index contributed by atoms with van der Waals surface area (Å²) in [4.78, 5) is 7.79. The van der Waals surface area contributed by atoms with Gasteiger partial charge in [-0.2, -0.15) is 0 Å². The van der Waals surface area contributed by atoms with E-state index in [1.54, 1.807) is 12.3 Å². The van der Waals surface area contributed by atoms with Crippen molar-refractivity contribution >= 4 is 17.4 Å². The molecule has 2 N–H and O–H groups in total. The first-order valence-corrected chi connectivity index (χ1v) is 5.17. The van der Waals surface area contributed by atoms with Gasteiger partial charge in [0.2, 0.25) is 5.28 Å². The van der Waals surface area contributed by atoms with Crippen LogP contribution in [0.4, 0.5) is 5.82 Å². The largest absolute Gasteiger partial charge is 0.394 e. The number of anilines is 1. The van der Waals surface area contributed by atoms with Gasteiger partial charge in [-0.3, -0.25) is 0 Å². The zero-order valence-corrected chi connectivity index (χ0v) is 9.91. The highest BCUT2D eigenvalue weighted by Crippen LogP contribution is 2.22. The molecule has 0 aliphatic carbocycles. The fourth-order valence-corrected chi connectivity index (χ4v) is 1.28. The van der Waals surface area contributed by atoms with E-state index >= 15 is 0 Å². The predicted molar refractivity (Wildman–Crippen MR) is 61.0 cm³/mol. The van der Waals surface area contributed by atoms with Crippen LogP contribution in [0.25, 0.3) is 0 Å². The van der Waals surface area contributed by atoms with E-state index in [1.165, 1.54) is 0 Å². The zero-order chi connectivity index (χ0) is 11.5. The summed E-state index contributed by atoms with van der Waals surface area (Å²) < 4.78 is 0. The maximum Gasteiger partial charge on any atom is 0.224 e. The summed E-state index contributed by atoms with van der Waals surface area (Å²) in [7, 11) is 0. The van der Waals surface area contributed by atoms with Crippen LogP contribution in [0.1, 0.15) is 20.8 Å². The van der Waals surface area contributed by atoms with Gasteiger partial charge in [-0.1, -0.05) is 20.8 Å². The third-order valence-corrected chi connectivity index (χ3v) is 2.36. The molecule has 1 unspecified atom stereocenters. The van der Waals surface area contributed by atoms with E-state index in [2.05, 4.69) is 15.3 Å². The van der Waals surface area contributed by atoms with Crippen LogP contribution in [-0.2, 0) is 0 Å². The van der Waals surface area contributed by atoms with Crippen molar-refractivity contribution in [2.75, 3.05) is 11.9 Å². The number of nitrogens with one attached hydrogen (secondary N) is 1. The van der Waals surface area contributed by atoms with Gasteiger partial charge in [0, 0.05) is 6.20 Å². The fourth-order valence-electron chi connectivity index (χ4n) is 1.13. The molecule has 84 valence electrons. The monoisotopic (exact) mass is 229 g/mol. The van der Waals surface area contributed by atoms with Crippen molar-refractivity contribution in [2.24, 2.45) is 5.41 Å². The summed E-state index contributed by atoms with van der Waals surface area (Å²) in [6, 6.07) is 1.66. The molecular formula is C10H16ClN3O. The van der Waals surface area contributed by atoms with Crippen molar-refractivity contribution in [3.8, 4) is 0 Å². The van der Waals surface area contributed by atoms with E-state index in [1.807, 2.05) is 20.8 Å². The van der Waals surface area contributed by atoms with Gasteiger partial charge in [-0.25, -0.2) is 9.97 Å². The normalized spacial score (nSPS) is 13.7. The van der Waals surface area contributed by atoms with Crippen LogP contribution < -0.4 is 5.32 Å². The van der Waals surface area contributed by atoms with E-state index in [9.17, 15) is 5.11 Å². The minimum absolute atomic E-state index is 0.0467. The second-order valence-corrected chi connectivity index (χ2v) is 4.79. The molecule has 0 fully saturated rings. The van der Waals surface area contributed by atoms with E-state index < -0.39 is 0 Å². The molecule has 1 heterocycles. The van der Waals surface area contributed by atoms with Crippen LogP contribution in [0.2, 0.25) is 5.28 Å². The molecule has 0 aliphatic heterocycles. The molecule has 15 heavy (non-hydrogen) atoms. The third kappa shape index (κ3) is 3.64. The lowest BCUT2D eigenvalue weighted by molar-refractivity contribution is 0.201. The summed E-state index contributed by atoms with van der Waals surface area (Å²) in [5.41, 5.74) is -0.0494. The van der Waals surface area contributed by atoms with Crippen molar-refractivity contribution in [1.29, 1.82) is 0 Å². The zero-order valence-electron chi connectivity index (χ0n) is 9.16. The first-order valence-electron chi connectivity index (χ1n) is 4.79. The molecule has 0 aliphatic rings. The first-order chi connectivity index (χ1) is 6.93. The van der Waals surface area contributed by atoms with Crippen LogP contribution in [-0.4, -0.2) is 27.7 Å². The van der Waals surface area contributed by atoms with Crippen LogP contribution in [0.3, 0.4) is 0 Å². The summed E-state index contributed by atoms with van der Waals surface area (Å²) in [6.07, 6.45) is 1.58. The lowest BCUT2D eigenvalue weighted by Crippen LogP contribution is -2.37. The Hall–Kier alpha value is -0.870. The van der Waals surface area contributed by atoms with Gasteiger partial charge in [0.15, 0.2) is 0 Å². The van der Waals surface area contributed by atoms with Crippen LogP contribution in [0, 0.1) is 5.41 Å². The Morgan fingerprint density at radius 1 is 1.53 bits per heavy atom. The van der Waals surface area contributed by atoms with Crippen molar-refractivity contribution in [1.82, 2.24) is 9.97 Å². The predicted octanol–water partition coefficient (Wildman–Crippen LogP) is 1.95. The number of aliphatic hydroxyl groups excluding tert-OH is 1. The highest BCUT2D eigenvalue weighted by atomic mass is 35.5. The number of rotatable bonds is 3. The molecular weight excluding hydrogens is 214 g/mol. The highest BCUT2D eigenvalue weighted by Gasteiger charge is 2.23. The standard InChI is InChI=1S/C10H16ClN3O/c1-10(2,3)7(6-15)13-8-4-5-12-9(11)14-8/h4-5,7,15H,6H2,1-3H3,(H,12,13,14). The van der Waals surface area contributed by atoms with E-state index in [0.717, 1.165) is 0 Å². The number of aliphatic hydroxyl groups is 1. The number of nitrogens with zero attached hydrogens (tertiary/aromatic N) is 2. The van der Waals surface area contributed by atoms with Crippen molar-refractivity contribution < 1.29 is 5.11 Å². The Balaban J connectivity index is 2.76. The van der Waals surface area contributed by atoms with E-state index in [0.29, 0.717) is 5.82 Å². The highest BCUT2D eigenvalue weighted by molar-refractivity contribution is 6.28. The molecule has 0 aromatic carbocycles. The summed E-state index contributed by atoms with van der Waals surface area (Å²) >= 11 is 5.66. The Morgan fingerprint density at radius 3 is 2.67 bits per heavy atom. The molecule has 0 amide bonds. The molecule has 1 atom stereocenters. The van der Waals surface area contributed by atoms with E-state index in [-0.39, 0.29) is 23.3 Å². The van der Waals surface area contributed by atoms with Crippen LogP contribution >= 0.6 is 11.6 Å². The van der Waals surface area contributed by atoms with Gasteiger partial charge < -0.3 is 10.4 Å². The van der Waals surface area contributed by atoms with Crippen LogP contribution in [0.15, 0.2) is 12.3 Å².